The lowest BCUT2D eigenvalue weighted by Crippen LogP contribution is -2.15. The molecule has 6 nitrogen and oxygen atoms in total. The maximum absolute atomic E-state index is 12.1. The van der Waals surface area contributed by atoms with Crippen LogP contribution in [0.25, 0.3) is 11.0 Å². The van der Waals surface area contributed by atoms with E-state index in [1.165, 1.54) is 18.9 Å². The van der Waals surface area contributed by atoms with Crippen LogP contribution < -0.4 is 5.32 Å². The van der Waals surface area contributed by atoms with Gasteiger partial charge in [-0.1, -0.05) is 12.1 Å². The fourth-order valence-corrected chi connectivity index (χ4v) is 3.19. The Morgan fingerprint density at radius 1 is 1.19 bits per heavy atom. The monoisotopic (exact) mass is 369 g/mol. The molecule has 1 atom stereocenters. The summed E-state index contributed by atoms with van der Waals surface area (Å²) >= 11 is 1.50. The molecule has 2 N–H and O–H groups in total. The summed E-state index contributed by atoms with van der Waals surface area (Å²) in [7, 11) is 1.33. The molecule has 1 heterocycles. The highest BCUT2D eigenvalue weighted by Gasteiger charge is 2.13. The molecule has 0 radical (unpaired) electrons. The smallest absolute Gasteiger partial charge is 0.337 e. The number of methoxy groups -OCH3 is 1. The standard InChI is InChI=1S/C19H19N3O3S/c1-12(18-21-15-5-3-4-6-16(15)22-18)26-11-17(23)20-14-9-7-13(8-10-14)19(24)25-2/h3-10,12H,11H2,1-2H3,(H,20,23)(H,21,22). The number of ether oxygens (including phenoxy) is 1. The molecule has 1 amide bonds. The Labute approximate surface area is 155 Å². The van der Waals surface area contributed by atoms with Gasteiger partial charge < -0.3 is 15.0 Å². The van der Waals surface area contributed by atoms with E-state index in [0.717, 1.165) is 16.9 Å². The molecule has 1 unspecified atom stereocenters. The molecule has 0 saturated heterocycles. The number of H-pyrrole nitrogens is 1. The number of imidazole rings is 1. The highest BCUT2D eigenvalue weighted by Crippen LogP contribution is 2.27. The van der Waals surface area contributed by atoms with Gasteiger partial charge in [-0.25, -0.2) is 9.78 Å². The fraction of sp³-hybridized carbons (Fsp3) is 0.211. The van der Waals surface area contributed by atoms with E-state index in [-0.39, 0.29) is 11.2 Å². The Morgan fingerprint density at radius 2 is 1.92 bits per heavy atom. The average molecular weight is 369 g/mol. The molecule has 0 bridgehead atoms. The summed E-state index contributed by atoms with van der Waals surface area (Å²) in [5.74, 6) is 0.644. The van der Waals surface area contributed by atoms with Gasteiger partial charge >= 0.3 is 5.97 Å². The van der Waals surface area contributed by atoms with Crippen molar-refractivity contribution in [2.45, 2.75) is 12.2 Å². The van der Waals surface area contributed by atoms with Crippen LogP contribution in [-0.4, -0.2) is 34.7 Å². The zero-order valence-electron chi connectivity index (χ0n) is 14.5. The normalized spacial score (nSPS) is 11.9. The number of aromatic amines is 1. The number of amides is 1. The number of nitrogens with one attached hydrogen (secondary N) is 2. The largest absolute Gasteiger partial charge is 0.465 e. The molecule has 26 heavy (non-hydrogen) atoms. The second-order valence-electron chi connectivity index (χ2n) is 5.71. The number of carbonyl (C=O) groups is 2. The van der Waals surface area contributed by atoms with Crippen LogP contribution >= 0.6 is 11.8 Å². The summed E-state index contributed by atoms with van der Waals surface area (Å²) in [4.78, 5) is 31.4. The maximum atomic E-state index is 12.1. The molecule has 2 aromatic carbocycles. The van der Waals surface area contributed by atoms with Crippen molar-refractivity contribution in [3.8, 4) is 0 Å². The number of para-hydroxylation sites is 2. The van der Waals surface area contributed by atoms with Crippen molar-refractivity contribution in [2.75, 3.05) is 18.2 Å². The quantitative estimate of drug-likeness (QED) is 0.646. The first-order valence-electron chi connectivity index (χ1n) is 8.11. The molecule has 0 spiro atoms. The van der Waals surface area contributed by atoms with E-state index in [1.807, 2.05) is 31.2 Å². The molecule has 0 fully saturated rings. The van der Waals surface area contributed by atoms with Crippen LogP contribution in [0.15, 0.2) is 48.5 Å². The molecule has 134 valence electrons. The number of fused-ring (bicyclic) bond motifs is 1. The first-order valence-corrected chi connectivity index (χ1v) is 9.16. The van der Waals surface area contributed by atoms with E-state index in [2.05, 4.69) is 20.0 Å². The van der Waals surface area contributed by atoms with Crippen molar-refractivity contribution >= 4 is 40.4 Å². The fourth-order valence-electron chi connectivity index (χ4n) is 2.45. The first kappa shape index (κ1) is 18.0. The number of hydrogen-bond acceptors (Lipinski definition) is 5. The number of nitrogens with zero attached hydrogens (tertiary/aromatic N) is 1. The molecule has 7 heteroatoms. The molecular weight excluding hydrogens is 350 g/mol. The number of aromatic nitrogens is 2. The van der Waals surface area contributed by atoms with Crippen molar-refractivity contribution in [3.05, 3.63) is 59.9 Å². The van der Waals surface area contributed by atoms with Crippen molar-refractivity contribution in [1.29, 1.82) is 0 Å². The first-order chi connectivity index (χ1) is 12.6. The molecule has 3 aromatic rings. The molecule has 3 rings (SSSR count). The number of hydrogen-bond donors (Lipinski definition) is 2. The maximum Gasteiger partial charge on any atom is 0.337 e. The van der Waals surface area contributed by atoms with Crippen molar-refractivity contribution in [2.24, 2.45) is 0 Å². The topological polar surface area (TPSA) is 84.1 Å². The number of thioether (sulfide) groups is 1. The van der Waals surface area contributed by atoms with Gasteiger partial charge in [0.15, 0.2) is 0 Å². The lowest BCUT2D eigenvalue weighted by atomic mass is 10.2. The summed E-state index contributed by atoms with van der Waals surface area (Å²) in [6, 6.07) is 14.4. The third kappa shape index (κ3) is 4.23. The van der Waals surface area contributed by atoms with Crippen LogP contribution in [0, 0.1) is 0 Å². The second-order valence-corrected chi connectivity index (χ2v) is 7.04. The van der Waals surface area contributed by atoms with E-state index in [1.54, 1.807) is 24.3 Å². The van der Waals surface area contributed by atoms with Gasteiger partial charge in [-0.3, -0.25) is 4.79 Å². The molecular formula is C19H19N3O3S. The van der Waals surface area contributed by atoms with E-state index >= 15 is 0 Å². The molecule has 0 aliphatic carbocycles. The highest BCUT2D eigenvalue weighted by atomic mass is 32.2. The summed E-state index contributed by atoms with van der Waals surface area (Å²) in [6.07, 6.45) is 0. The van der Waals surface area contributed by atoms with E-state index in [0.29, 0.717) is 17.0 Å². The minimum Gasteiger partial charge on any atom is -0.465 e. The van der Waals surface area contributed by atoms with Crippen molar-refractivity contribution < 1.29 is 14.3 Å². The Balaban J connectivity index is 1.54. The lowest BCUT2D eigenvalue weighted by Gasteiger charge is -2.09. The van der Waals surface area contributed by atoms with Crippen LogP contribution in [0.2, 0.25) is 0 Å². The van der Waals surface area contributed by atoms with E-state index in [4.69, 9.17) is 0 Å². The van der Waals surface area contributed by atoms with Crippen LogP contribution in [0.4, 0.5) is 5.69 Å². The Bertz CT molecular complexity index is 888. The average Bonchev–Trinajstić information content (AvgIpc) is 3.10. The second kappa shape index (κ2) is 8.05. The van der Waals surface area contributed by atoms with Gasteiger partial charge in [0.05, 0.1) is 34.7 Å². The predicted molar refractivity (Wildman–Crippen MR) is 103 cm³/mol. The van der Waals surface area contributed by atoms with E-state index < -0.39 is 5.97 Å². The van der Waals surface area contributed by atoms with Gasteiger partial charge in [0.2, 0.25) is 5.91 Å². The summed E-state index contributed by atoms with van der Waals surface area (Å²) in [6.45, 7) is 2.01. The number of rotatable bonds is 6. The number of esters is 1. The lowest BCUT2D eigenvalue weighted by molar-refractivity contribution is -0.113. The van der Waals surface area contributed by atoms with Gasteiger partial charge in [0.25, 0.3) is 0 Å². The number of carbonyl (C=O) groups excluding carboxylic acids is 2. The van der Waals surface area contributed by atoms with E-state index in [9.17, 15) is 9.59 Å². The van der Waals surface area contributed by atoms with Gasteiger partial charge in [-0.2, -0.15) is 0 Å². The zero-order chi connectivity index (χ0) is 18.5. The minimum absolute atomic E-state index is 0.0647. The Kier molecular flexibility index (Phi) is 5.58. The molecule has 1 aromatic heterocycles. The van der Waals surface area contributed by atoms with Gasteiger partial charge in [0, 0.05) is 5.69 Å². The third-order valence-corrected chi connectivity index (χ3v) is 5.00. The Hall–Kier alpha value is -2.80. The van der Waals surface area contributed by atoms with Gasteiger partial charge in [-0.05, 0) is 43.3 Å². The summed E-state index contributed by atoms with van der Waals surface area (Å²) in [5, 5.41) is 2.88. The minimum atomic E-state index is -0.405. The van der Waals surface area contributed by atoms with Crippen molar-refractivity contribution in [1.82, 2.24) is 9.97 Å². The Morgan fingerprint density at radius 3 is 2.62 bits per heavy atom. The van der Waals surface area contributed by atoms with Crippen LogP contribution in [-0.2, 0) is 9.53 Å². The van der Waals surface area contributed by atoms with Crippen LogP contribution in [0.3, 0.4) is 0 Å². The SMILES string of the molecule is COC(=O)c1ccc(NC(=O)CSC(C)c2nc3ccccc3[nH]2)cc1. The summed E-state index contributed by atoms with van der Waals surface area (Å²) < 4.78 is 4.65. The predicted octanol–water partition coefficient (Wildman–Crippen LogP) is 3.78. The number of benzene rings is 2. The highest BCUT2D eigenvalue weighted by molar-refractivity contribution is 8.00. The molecule has 0 aliphatic rings. The third-order valence-electron chi connectivity index (χ3n) is 3.85. The number of anilines is 1. The molecule has 0 saturated carbocycles. The van der Waals surface area contributed by atoms with Crippen molar-refractivity contribution in [3.63, 3.8) is 0 Å². The van der Waals surface area contributed by atoms with Gasteiger partial charge in [0.1, 0.15) is 5.82 Å². The summed E-state index contributed by atoms with van der Waals surface area (Å²) in [5.41, 5.74) is 2.99. The molecule has 0 aliphatic heterocycles. The van der Waals surface area contributed by atoms with Crippen LogP contribution in [0.1, 0.15) is 28.4 Å². The van der Waals surface area contributed by atoms with Gasteiger partial charge in [-0.15, -0.1) is 11.8 Å². The van der Waals surface area contributed by atoms with Crippen LogP contribution in [0.5, 0.6) is 0 Å². The zero-order valence-corrected chi connectivity index (χ0v) is 15.3.